The van der Waals surface area contributed by atoms with Crippen LogP contribution < -0.4 is 14.8 Å². The predicted molar refractivity (Wildman–Crippen MR) is 77.9 cm³/mol. The van der Waals surface area contributed by atoms with Crippen LogP contribution in [0.5, 0.6) is 11.5 Å². The molecule has 0 saturated heterocycles. The van der Waals surface area contributed by atoms with Gasteiger partial charge in [-0.15, -0.1) is 0 Å². The molecule has 1 atom stereocenters. The molecule has 21 heavy (non-hydrogen) atoms. The molecule has 3 nitrogen and oxygen atoms in total. The molecular weight excluding hydrogens is 276 g/mol. The van der Waals surface area contributed by atoms with Gasteiger partial charge in [-0.05, 0) is 31.2 Å². The van der Waals surface area contributed by atoms with Gasteiger partial charge in [0, 0.05) is 17.7 Å². The van der Waals surface area contributed by atoms with E-state index in [1.54, 1.807) is 26.4 Å². The van der Waals surface area contributed by atoms with Crippen LogP contribution in [0.15, 0.2) is 36.4 Å². The van der Waals surface area contributed by atoms with Gasteiger partial charge in [0.1, 0.15) is 23.1 Å². The Kier molecular flexibility index (Phi) is 4.62. The van der Waals surface area contributed by atoms with Gasteiger partial charge in [0.05, 0.1) is 25.9 Å². The van der Waals surface area contributed by atoms with E-state index >= 15 is 0 Å². The molecule has 0 aromatic heterocycles. The van der Waals surface area contributed by atoms with E-state index in [0.29, 0.717) is 11.5 Å². The van der Waals surface area contributed by atoms with Crippen molar-refractivity contribution in [2.75, 3.05) is 19.5 Å². The van der Waals surface area contributed by atoms with Gasteiger partial charge in [0.2, 0.25) is 0 Å². The zero-order valence-electron chi connectivity index (χ0n) is 12.1. The summed E-state index contributed by atoms with van der Waals surface area (Å²) in [5, 5.41) is 3.00. The summed E-state index contributed by atoms with van der Waals surface area (Å²) in [6.07, 6.45) is 0. The standard InChI is InChI=1S/C16H17F2NO2/c1-10(19-15-7-4-11(17)8-14(15)18)13-6-5-12(20-2)9-16(13)21-3/h4-10,19H,1-3H3. The van der Waals surface area contributed by atoms with Gasteiger partial charge in [-0.2, -0.15) is 0 Å². The molecule has 2 aromatic carbocycles. The van der Waals surface area contributed by atoms with Crippen LogP contribution in [0.1, 0.15) is 18.5 Å². The van der Waals surface area contributed by atoms with E-state index in [0.717, 1.165) is 11.6 Å². The monoisotopic (exact) mass is 293 g/mol. The quantitative estimate of drug-likeness (QED) is 0.898. The predicted octanol–water partition coefficient (Wildman–Crippen LogP) is 4.16. The van der Waals surface area contributed by atoms with Crippen molar-refractivity contribution in [3.8, 4) is 11.5 Å². The molecule has 0 aliphatic rings. The first-order valence-corrected chi connectivity index (χ1v) is 6.48. The molecule has 5 heteroatoms. The summed E-state index contributed by atoms with van der Waals surface area (Å²) >= 11 is 0. The Morgan fingerprint density at radius 2 is 1.76 bits per heavy atom. The minimum atomic E-state index is -0.630. The Bertz CT molecular complexity index is 632. The van der Waals surface area contributed by atoms with Crippen LogP contribution in [0.3, 0.4) is 0 Å². The summed E-state index contributed by atoms with van der Waals surface area (Å²) < 4.78 is 37.0. The molecule has 2 aromatic rings. The van der Waals surface area contributed by atoms with Gasteiger partial charge >= 0.3 is 0 Å². The zero-order chi connectivity index (χ0) is 15.4. The Morgan fingerprint density at radius 3 is 2.38 bits per heavy atom. The average molecular weight is 293 g/mol. The fourth-order valence-electron chi connectivity index (χ4n) is 2.09. The summed E-state index contributed by atoms with van der Waals surface area (Å²) in [5.74, 6) is 0.0784. The summed E-state index contributed by atoms with van der Waals surface area (Å²) in [7, 11) is 3.13. The third-order valence-corrected chi connectivity index (χ3v) is 3.21. The first-order chi connectivity index (χ1) is 10.0. The van der Waals surface area contributed by atoms with Crippen LogP contribution in [0.25, 0.3) is 0 Å². The van der Waals surface area contributed by atoms with E-state index in [1.807, 2.05) is 13.0 Å². The molecule has 0 radical (unpaired) electrons. The van der Waals surface area contributed by atoms with Crippen molar-refractivity contribution >= 4 is 5.69 Å². The van der Waals surface area contributed by atoms with Crippen molar-refractivity contribution in [1.29, 1.82) is 0 Å². The molecule has 112 valence electrons. The van der Waals surface area contributed by atoms with E-state index in [4.69, 9.17) is 9.47 Å². The fourth-order valence-corrected chi connectivity index (χ4v) is 2.09. The van der Waals surface area contributed by atoms with Crippen molar-refractivity contribution in [2.45, 2.75) is 13.0 Å². The Hall–Kier alpha value is -2.30. The molecule has 0 spiro atoms. The summed E-state index contributed by atoms with van der Waals surface area (Å²) in [6.45, 7) is 1.87. The van der Waals surface area contributed by atoms with E-state index in [1.165, 1.54) is 12.1 Å². The number of hydrogen-bond acceptors (Lipinski definition) is 3. The molecule has 0 heterocycles. The smallest absolute Gasteiger partial charge is 0.149 e. The average Bonchev–Trinajstić information content (AvgIpc) is 2.49. The number of ether oxygens (including phenoxy) is 2. The molecule has 0 aliphatic heterocycles. The molecule has 1 N–H and O–H groups in total. The summed E-state index contributed by atoms with van der Waals surface area (Å²) in [6, 6.07) is 8.62. The number of benzene rings is 2. The van der Waals surface area contributed by atoms with Crippen LogP contribution in [-0.2, 0) is 0 Å². The lowest BCUT2D eigenvalue weighted by Gasteiger charge is -2.19. The van der Waals surface area contributed by atoms with Gasteiger partial charge in [0.25, 0.3) is 0 Å². The van der Waals surface area contributed by atoms with Crippen LogP contribution in [-0.4, -0.2) is 14.2 Å². The van der Waals surface area contributed by atoms with Crippen LogP contribution >= 0.6 is 0 Å². The van der Waals surface area contributed by atoms with Gasteiger partial charge < -0.3 is 14.8 Å². The lowest BCUT2D eigenvalue weighted by Crippen LogP contribution is -2.09. The second-order valence-electron chi connectivity index (χ2n) is 4.60. The van der Waals surface area contributed by atoms with Crippen molar-refractivity contribution in [1.82, 2.24) is 0 Å². The highest BCUT2D eigenvalue weighted by molar-refractivity contribution is 5.50. The van der Waals surface area contributed by atoms with E-state index in [-0.39, 0.29) is 11.7 Å². The topological polar surface area (TPSA) is 30.5 Å². The molecule has 0 aliphatic carbocycles. The third kappa shape index (κ3) is 3.42. The van der Waals surface area contributed by atoms with Gasteiger partial charge in [-0.25, -0.2) is 8.78 Å². The third-order valence-electron chi connectivity index (χ3n) is 3.21. The van der Waals surface area contributed by atoms with Crippen molar-refractivity contribution in [3.05, 3.63) is 53.6 Å². The number of hydrogen-bond donors (Lipinski definition) is 1. The normalized spacial score (nSPS) is 11.9. The molecule has 0 bridgehead atoms. The lowest BCUT2D eigenvalue weighted by atomic mass is 10.1. The SMILES string of the molecule is COc1ccc(C(C)Nc2ccc(F)cc2F)c(OC)c1. The number of nitrogens with one attached hydrogen (secondary N) is 1. The van der Waals surface area contributed by atoms with Crippen molar-refractivity contribution in [2.24, 2.45) is 0 Å². The zero-order valence-corrected chi connectivity index (χ0v) is 12.1. The highest BCUT2D eigenvalue weighted by atomic mass is 19.1. The maximum Gasteiger partial charge on any atom is 0.149 e. The highest BCUT2D eigenvalue weighted by Crippen LogP contribution is 2.31. The van der Waals surface area contributed by atoms with Crippen LogP contribution in [0.4, 0.5) is 14.5 Å². The first-order valence-electron chi connectivity index (χ1n) is 6.48. The molecular formula is C16H17F2NO2. The lowest BCUT2D eigenvalue weighted by molar-refractivity contribution is 0.390. The van der Waals surface area contributed by atoms with Crippen LogP contribution in [0.2, 0.25) is 0 Å². The number of methoxy groups -OCH3 is 2. The van der Waals surface area contributed by atoms with Crippen molar-refractivity contribution in [3.63, 3.8) is 0 Å². The van der Waals surface area contributed by atoms with E-state index in [9.17, 15) is 8.78 Å². The number of rotatable bonds is 5. The number of anilines is 1. The minimum Gasteiger partial charge on any atom is -0.497 e. The minimum absolute atomic E-state index is 0.217. The van der Waals surface area contributed by atoms with Gasteiger partial charge in [-0.1, -0.05) is 0 Å². The van der Waals surface area contributed by atoms with E-state index in [2.05, 4.69) is 5.32 Å². The molecule has 0 saturated carbocycles. The molecule has 2 rings (SSSR count). The number of halogens is 2. The maximum atomic E-state index is 13.7. The van der Waals surface area contributed by atoms with Gasteiger partial charge in [-0.3, -0.25) is 0 Å². The second-order valence-corrected chi connectivity index (χ2v) is 4.60. The van der Waals surface area contributed by atoms with Crippen LogP contribution in [0, 0.1) is 11.6 Å². The summed E-state index contributed by atoms with van der Waals surface area (Å²) in [5.41, 5.74) is 1.09. The highest BCUT2D eigenvalue weighted by Gasteiger charge is 2.14. The Balaban J connectivity index is 2.25. The largest absolute Gasteiger partial charge is 0.497 e. The Morgan fingerprint density at radius 1 is 1.00 bits per heavy atom. The van der Waals surface area contributed by atoms with Gasteiger partial charge in [0.15, 0.2) is 0 Å². The first kappa shape index (κ1) is 15.1. The Labute approximate surface area is 122 Å². The fraction of sp³-hybridized carbons (Fsp3) is 0.250. The second kappa shape index (κ2) is 6.43. The maximum absolute atomic E-state index is 13.7. The summed E-state index contributed by atoms with van der Waals surface area (Å²) in [4.78, 5) is 0. The van der Waals surface area contributed by atoms with Crippen molar-refractivity contribution < 1.29 is 18.3 Å². The molecule has 0 fully saturated rings. The molecule has 1 unspecified atom stereocenters. The molecule has 0 amide bonds. The van der Waals surface area contributed by atoms with E-state index < -0.39 is 11.6 Å².